The lowest BCUT2D eigenvalue weighted by Crippen LogP contribution is -2.15. The average Bonchev–Trinajstić information content (AvgIpc) is 3.28. The number of aryl methyl sites for hydroxylation is 1. The minimum absolute atomic E-state index is 0.345. The van der Waals surface area contributed by atoms with E-state index >= 15 is 0 Å². The Labute approximate surface area is 174 Å². The van der Waals surface area contributed by atoms with E-state index in [0.29, 0.717) is 34.9 Å². The van der Waals surface area contributed by atoms with Crippen molar-refractivity contribution < 1.29 is 18.0 Å². The van der Waals surface area contributed by atoms with E-state index in [1.165, 1.54) is 0 Å². The van der Waals surface area contributed by atoms with Gasteiger partial charge in [0.25, 0.3) is 5.91 Å². The van der Waals surface area contributed by atoms with Gasteiger partial charge in [-0.25, -0.2) is 28.1 Å². The monoisotopic (exact) mass is 424 g/mol. The molecule has 4 aromatic rings. The quantitative estimate of drug-likeness (QED) is 0.465. The number of carbonyl (C=O) groups excluding carboxylic acids is 1. The second kappa shape index (κ2) is 8.27. The lowest BCUT2D eigenvalue weighted by Gasteiger charge is -2.10. The average molecular weight is 424 g/mol. The molecule has 10 heteroatoms. The molecule has 0 aliphatic carbocycles. The highest BCUT2D eigenvalue weighted by atomic mass is 19.2. The number of amides is 1. The summed E-state index contributed by atoms with van der Waals surface area (Å²) in [4.78, 5) is 24.9. The van der Waals surface area contributed by atoms with Crippen molar-refractivity contribution in [3.8, 4) is 5.82 Å². The van der Waals surface area contributed by atoms with Crippen molar-refractivity contribution in [2.75, 3.05) is 10.6 Å². The first-order valence-electron chi connectivity index (χ1n) is 9.06. The molecule has 2 heterocycles. The van der Waals surface area contributed by atoms with Crippen molar-refractivity contribution in [3.63, 3.8) is 0 Å². The fraction of sp³-hybridized carbons (Fsp3) is 0.0476. The van der Waals surface area contributed by atoms with E-state index < -0.39 is 28.9 Å². The van der Waals surface area contributed by atoms with Gasteiger partial charge in [0, 0.05) is 29.8 Å². The molecule has 31 heavy (non-hydrogen) atoms. The Morgan fingerprint density at radius 3 is 2.42 bits per heavy atom. The van der Waals surface area contributed by atoms with E-state index in [0.717, 1.165) is 6.07 Å². The van der Waals surface area contributed by atoms with E-state index in [1.54, 1.807) is 60.5 Å². The summed E-state index contributed by atoms with van der Waals surface area (Å²) in [6, 6.07) is 9.81. The van der Waals surface area contributed by atoms with E-state index in [4.69, 9.17) is 0 Å². The molecule has 2 N–H and O–H groups in total. The number of anilines is 3. The summed E-state index contributed by atoms with van der Waals surface area (Å²) in [5, 5.41) is 5.58. The van der Waals surface area contributed by atoms with Crippen LogP contribution >= 0.6 is 0 Å². The number of hydrogen-bond donors (Lipinski definition) is 2. The Balaban J connectivity index is 1.48. The number of carbonyl (C=O) groups is 1. The zero-order valence-corrected chi connectivity index (χ0v) is 16.1. The molecule has 4 rings (SSSR count). The van der Waals surface area contributed by atoms with E-state index in [9.17, 15) is 18.0 Å². The van der Waals surface area contributed by atoms with Gasteiger partial charge in [0.15, 0.2) is 17.5 Å². The van der Waals surface area contributed by atoms with Crippen LogP contribution in [0.15, 0.2) is 61.2 Å². The smallest absolute Gasteiger partial charge is 0.258 e. The fourth-order valence-corrected chi connectivity index (χ4v) is 2.83. The molecule has 0 aliphatic rings. The van der Waals surface area contributed by atoms with Crippen LogP contribution in [0.1, 0.15) is 16.2 Å². The lowest BCUT2D eigenvalue weighted by molar-refractivity contribution is 0.102. The molecule has 0 saturated carbocycles. The number of rotatable bonds is 5. The summed E-state index contributed by atoms with van der Waals surface area (Å²) in [7, 11) is 0. The highest BCUT2D eigenvalue weighted by molar-refractivity contribution is 6.04. The second-order valence-electron chi connectivity index (χ2n) is 6.51. The molecule has 0 fully saturated rings. The maximum Gasteiger partial charge on any atom is 0.258 e. The van der Waals surface area contributed by atoms with Gasteiger partial charge in [0.1, 0.15) is 23.8 Å². The van der Waals surface area contributed by atoms with Crippen molar-refractivity contribution in [1.82, 2.24) is 19.5 Å². The molecule has 0 atom stereocenters. The fourth-order valence-electron chi connectivity index (χ4n) is 2.83. The molecule has 0 saturated heterocycles. The molecule has 2 aromatic carbocycles. The molecular weight excluding hydrogens is 409 g/mol. The Kier molecular flexibility index (Phi) is 5.35. The lowest BCUT2D eigenvalue weighted by atomic mass is 10.1. The summed E-state index contributed by atoms with van der Waals surface area (Å²) in [5.41, 5.74) is 0.425. The van der Waals surface area contributed by atoms with Gasteiger partial charge in [-0.15, -0.1) is 0 Å². The van der Waals surface area contributed by atoms with Gasteiger partial charge < -0.3 is 10.6 Å². The highest BCUT2D eigenvalue weighted by Gasteiger charge is 2.18. The first kappa shape index (κ1) is 20.1. The zero-order chi connectivity index (χ0) is 22.0. The molecule has 1 amide bonds. The molecule has 0 aliphatic heterocycles. The number of halogens is 3. The molecule has 0 spiro atoms. The molecule has 0 unspecified atom stereocenters. The van der Waals surface area contributed by atoms with Gasteiger partial charge >= 0.3 is 0 Å². The molecular formula is C21H15F3N6O. The topological polar surface area (TPSA) is 84.7 Å². The van der Waals surface area contributed by atoms with Crippen LogP contribution in [0.4, 0.5) is 30.4 Å². The first-order valence-corrected chi connectivity index (χ1v) is 9.06. The number of nitrogens with zero attached hydrogens (tertiary/aromatic N) is 4. The number of hydrogen-bond acceptors (Lipinski definition) is 5. The second-order valence-corrected chi connectivity index (χ2v) is 6.51. The largest absolute Gasteiger partial charge is 0.340 e. The normalized spacial score (nSPS) is 10.7. The third-order valence-corrected chi connectivity index (χ3v) is 4.29. The van der Waals surface area contributed by atoms with Crippen molar-refractivity contribution in [2.24, 2.45) is 0 Å². The van der Waals surface area contributed by atoms with Crippen LogP contribution in [-0.4, -0.2) is 25.4 Å². The molecule has 156 valence electrons. The van der Waals surface area contributed by atoms with Gasteiger partial charge in [-0.1, -0.05) is 0 Å². The Hall–Kier alpha value is -4.21. The van der Waals surface area contributed by atoms with Crippen LogP contribution in [-0.2, 0) is 0 Å². The van der Waals surface area contributed by atoms with Gasteiger partial charge in [-0.2, -0.15) is 0 Å². The minimum atomic E-state index is -1.69. The highest BCUT2D eigenvalue weighted by Crippen LogP contribution is 2.21. The van der Waals surface area contributed by atoms with Gasteiger partial charge in [-0.3, -0.25) is 9.36 Å². The van der Waals surface area contributed by atoms with Crippen molar-refractivity contribution in [3.05, 3.63) is 90.0 Å². The number of nitrogens with one attached hydrogen (secondary N) is 2. The molecule has 0 bridgehead atoms. The zero-order valence-electron chi connectivity index (χ0n) is 16.1. The van der Waals surface area contributed by atoms with Crippen LogP contribution in [0.25, 0.3) is 5.82 Å². The maximum absolute atomic E-state index is 13.8. The Bertz CT molecular complexity index is 1240. The summed E-state index contributed by atoms with van der Waals surface area (Å²) in [5.74, 6) is -3.73. The number of benzene rings is 2. The maximum atomic E-state index is 13.8. The summed E-state index contributed by atoms with van der Waals surface area (Å²) in [6.07, 6.45) is 5.03. The molecule has 7 nitrogen and oxygen atoms in total. The Morgan fingerprint density at radius 2 is 1.71 bits per heavy atom. The third-order valence-electron chi connectivity index (χ3n) is 4.29. The van der Waals surface area contributed by atoms with Gasteiger partial charge in [0.05, 0.1) is 5.56 Å². The van der Waals surface area contributed by atoms with E-state index in [2.05, 4.69) is 25.6 Å². The summed E-state index contributed by atoms with van der Waals surface area (Å²) >= 11 is 0. The van der Waals surface area contributed by atoms with Gasteiger partial charge in [0.2, 0.25) is 0 Å². The minimum Gasteiger partial charge on any atom is -0.340 e. The van der Waals surface area contributed by atoms with Crippen LogP contribution < -0.4 is 10.6 Å². The van der Waals surface area contributed by atoms with Crippen LogP contribution in [0, 0.1) is 24.4 Å². The molecule has 0 radical (unpaired) electrons. The van der Waals surface area contributed by atoms with Crippen molar-refractivity contribution >= 4 is 23.1 Å². The van der Waals surface area contributed by atoms with Crippen LogP contribution in [0.3, 0.4) is 0 Å². The summed E-state index contributed by atoms with van der Waals surface area (Å²) < 4.78 is 41.9. The SMILES string of the molecule is Cc1nc(Nc2ccc(NC(=O)c3ccc(F)c(F)c3F)cc2)cc(-n2ccnc2)n1. The number of imidazole rings is 1. The van der Waals surface area contributed by atoms with Crippen molar-refractivity contribution in [1.29, 1.82) is 0 Å². The predicted molar refractivity (Wildman–Crippen MR) is 108 cm³/mol. The standard InChI is InChI=1S/C21H15F3N6O/c1-12-26-17(10-18(27-12)30-9-8-25-11-30)28-13-2-4-14(5-3-13)29-21(31)15-6-7-16(22)20(24)19(15)23/h2-11H,1H3,(H,29,31)(H,26,27,28). The molecule has 2 aromatic heterocycles. The van der Waals surface area contributed by atoms with E-state index in [-0.39, 0.29) is 0 Å². The number of aromatic nitrogens is 4. The van der Waals surface area contributed by atoms with Crippen LogP contribution in [0.2, 0.25) is 0 Å². The first-order chi connectivity index (χ1) is 14.9. The predicted octanol–water partition coefficient (Wildman–Crippen LogP) is 4.38. The van der Waals surface area contributed by atoms with E-state index in [1.807, 2.05) is 0 Å². The third kappa shape index (κ3) is 4.37. The van der Waals surface area contributed by atoms with Gasteiger partial charge in [-0.05, 0) is 43.3 Å². The van der Waals surface area contributed by atoms with Crippen molar-refractivity contribution in [2.45, 2.75) is 6.92 Å². The summed E-state index contributed by atoms with van der Waals surface area (Å²) in [6.45, 7) is 1.77. The van der Waals surface area contributed by atoms with Crippen LogP contribution in [0.5, 0.6) is 0 Å². The Morgan fingerprint density at radius 1 is 0.968 bits per heavy atom.